The number of hydrogen-bond donors (Lipinski definition) is 1. The number of hydrogen-bond acceptors (Lipinski definition) is 2. The fourth-order valence-electron chi connectivity index (χ4n) is 2.72. The molecule has 1 N–H and O–H groups in total. The van der Waals surface area contributed by atoms with Crippen molar-refractivity contribution < 1.29 is 14.0 Å². The van der Waals surface area contributed by atoms with E-state index in [1.54, 1.807) is 24.3 Å². The third-order valence-electron chi connectivity index (χ3n) is 4.01. The SMILES string of the molecule is Cc1cc(NC(=O)CN2CCN(c3ccccc3F)C2=O)ccc1Br. The number of aryl methyl sites for hydroxylation is 1. The van der Waals surface area contributed by atoms with Crippen molar-refractivity contribution in [2.75, 3.05) is 29.9 Å². The Kier molecular flexibility index (Phi) is 5.03. The molecule has 0 aromatic heterocycles. The van der Waals surface area contributed by atoms with Gasteiger partial charge in [-0.25, -0.2) is 9.18 Å². The Labute approximate surface area is 153 Å². The van der Waals surface area contributed by atoms with E-state index in [1.807, 2.05) is 19.1 Å². The van der Waals surface area contributed by atoms with Crippen molar-refractivity contribution in [3.63, 3.8) is 0 Å². The second-order valence-corrected chi connectivity index (χ2v) is 6.67. The number of halogens is 2. The van der Waals surface area contributed by atoms with Crippen LogP contribution in [-0.4, -0.2) is 36.5 Å². The number of benzene rings is 2. The molecule has 1 aliphatic rings. The fraction of sp³-hybridized carbons (Fsp3) is 0.222. The highest BCUT2D eigenvalue weighted by molar-refractivity contribution is 9.10. The molecule has 1 saturated heterocycles. The third-order valence-corrected chi connectivity index (χ3v) is 4.90. The summed E-state index contributed by atoms with van der Waals surface area (Å²) in [5.74, 6) is -0.738. The summed E-state index contributed by atoms with van der Waals surface area (Å²) in [6, 6.07) is 11.2. The van der Waals surface area contributed by atoms with Gasteiger partial charge >= 0.3 is 6.03 Å². The van der Waals surface area contributed by atoms with Gasteiger partial charge in [0.05, 0.1) is 5.69 Å². The van der Waals surface area contributed by atoms with Crippen LogP contribution in [-0.2, 0) is 4.79 Å². The molecule has 3 rings (SSSR count). The summed E-state index contributed by atoms with van der Waals surface area (Å²) in [6.45, 7) is 2.58. The number of rotatable bonds is 4. The van der Waals surface area contributed by atoms with Crippen LogP contribution in [0.5, 0.6) is 0 Å². The summed E-state index contributed by atoms with van der Waals surface area (Å²) < 4.78 is 14.8. The van der Waals surface area contributed by atoms with E-state index in [-0.39, 0.29) is 24.2 Å². The van der Waals surface area contributed by atoms with Crippen molar-refractivity contribution in [3.8, 4) is 0 Å². The van der Waals surface area contributed by atoms with Gasteiger partial charge in [0.2, 0.25) is 5.91 Å². The Morgan fingerprint density at radius 2 is 2.00 bits per heavy atom. The molecule has 2 aromatic carbocycles. The normalized spacial score (nSPS) is 14.1. The van der Waals surface area contributed by atoms with Gasteiger partial charge in [-0.3, -0.25) is 9.69 Å². The van der Waals surface area contributed by atoms with Crippen LogP contribution in [0, 0.1) is 12.7 Å². The molecule has 5 nitrogen and oxygen atoms in total. The zero-order valence-corrected chi connectivity index (χ0v) is 15.2. The number of nitrogens with zero attached hydrogens (tertiary/aromatic N) is 2. The first kappa shape index (κ1) is 17.4. The van der Waals surface area contributed by atoms with Crippen molar-refractivity contribution in [1.29, 1.82) is 0 Å². The van der Waals surface area contributed by atoms with Crippen molar-refractivity contribution in [2.24, 2.45) is 0 Å². The Morgan fingerprint density at radius 1 is 1.24 bits per heavy atom. The number of anilines is 2. The molecule has 130 valence electrons. The van der Waals surface area contributed by atoms with Gasteiger partial charge < -0.3 is 10.2 Å². The molecule has 3 amide bonds. The number of amides is 3. The number of carbonyl (C=O) groups is 2. The Morgan fingerprint density at radius 3 is 2.72 bits per heavy atom. The van der Waals surface area contributed by atoms with Crippen molar-refractivity contribution in [1.82, 2.24) is 4.90 Å². The van der Waals surface area contributed by atoms with Gasteiger partial charge in [-0.05, 0) is 42.8 Å². The predicted octanol–water partition coefficient (Wildman–Crippen LogP) is 3.78. The van der Waals surface area contributed by atoms with Crippen LogP contribution in [0.1, 0.15) is 5.56 Å². The lowest BCUT2D eigenvalue weighted by Gasteiger charge is -2.19. The van der Waals surface area contributed by atoms with E-state index >= 15 is 0 Å². The zero-order valence-electron chi connectivity index (χ0n) is 13.6. The van der Waals surface area contributed by atoms with E-state index in [9.17, 15) is 14.0 Å². The van der Waals surface area contributed by atoms with Crippen LogP contribution < -0.4 is 10.2 Å². The van der Waals surface area contributed by atoms with Gasteiger partial charge in [-0.15, -0.1) is 0 Å². The molecule has 0 atom stereocenters. The Balaban J connectivity index is 1.63. The van der Waals surface area contributed by atoms with E-state index < -0.39 is 5.82 Å². The quantitative estimate of drug-likeness (QED) is 0.841. The van der Waals surface area contributed by atoms with Gasteiger partial charge in [0.15, 0.2) is 0 Å². The molecule has 7 heteroatoms. The minimum Gasteiger partial charge on any atom is -0.325 e. The fourth-order valence-corrected chi connectivity index (χ4v) is 2.97. The lowest BCUT2D eigenvalue weighted by Crippen LogP contribution is -2.37. The highest BCUT2D eigenvalue weighted by Crippen LogP contribution is 2.23. The van der Waals surface area contributed by atoms with Gasteiger partial charge in [-0.1, -0.05) is 28.1 Å². The molecule has 1 fully saturated rings. The number of nitrogens with one attached hydrogen (secondary N) is 1. The number of para-hydroxylation sites is 1. The van der Waals surface area contributed by atoms with E-state index in [0.717, 1.165) is 10.0 Å². The van der Waals surface area contributed by atoms with Crippen LogP contribution in [0.4, 0.5) is 20.6 Å². The summed E-state index contributed by atoms with van der Waals surface area (Å²) in [5.41, 5.74) is 1.91. The zero-order chi connectivity index (χ0) is 18.0. The molecule has 0 saturated carbocycles. The largest absolute Gasteiger partial charge is 0.325 e. The molecule has 2 aromatic rings. The Hall–Kier alpha value is -2.41. The smallest absolute Gasteiger partial charge is 0.325 e. The molecule has 25 heavy (non-hydrogen) atoms. The second-order valence-electron chi connectivity index (χ2n) is 5.82. The van der Waals surface area contributed by atoms with Crippen molar-refractivity contribution >= 4 is 39.2 Å². The third kappa shape index (κ3) is 3.82. The van der Waals surface area contributed by atoms with Crippen LogP contribution in [0.25, 0.3) is 0 Å². The van der Waals surface area contributed by atoms with Crippen molar-refractivity contribution in [2.45, 2.75) is 6.92 Å². The van der Waals surface area contributed by atoms with Crippen LogP contribution in [0.3, 0.4) is 0 Å². The maximum Gasteiger partial charge on any atom is 0.325 e. The number of urea groups is 1. The van der Waals surface area contributed by atoms with Crippen LogP contribution in [0.15, 0.2) is 46.9 Å². The minimum absolute atomic E-state index is 0.0705. The molecule has 0 spiro atoms. The monoisotopic (exact) mass is 405 g/mol. The van der Waals surface area contributed by atoms with E-state index in [2.05, 4.69) is 21.2 Å². The Bertz CT molecular complexity index is 828. The standard InChI is InChI=1S/C18H17BrFN3O2/c1-12-10-13(6-7-14(12)19)21-17(24)11-22-8-9-23(18(22)25)16-5-3-2-4-15(16)20/h2-7,10H,8-9,11H2,1H3,(H,21,24). The van der Waals surface area contributed by atoms with Crippen LogP contribution in [0.2, 0.25) is 0 Å². The maximum atomic E-state index is 13.9. The average Bonchev–Trinajstić information content (AvgIpc) is 2.92. The number of carbonyl (C=O) groups excluding carboxylic acids is 2. The topological polar surface area (TPSA) is 52.7 Å². The molecule has 0 radical (unpaired) electrons. The molecule has 0 bridgehead atoms. The second kappa shape index (κ2) is 7.23. The van der Waals surface area contributed by atoms with Gasteiger partial charge in [0, 0.05) is 23.2 Å². The summed E-state index contributed by atoms with van der Waals surface area (Å²) in [4.78, 5) is 27.4. The first-order valence-corrected chi connectivity index (χ1v) is 8.62. The predicted molar refractivity (Wildman–Crippen MR) is 98.2 cm³/mol. The highest BCUT2D eigenvalue weighted by Gasteiger charge is 2.32. The van der Waals surface area contributed by atoms with Crippen molar-refractivity contribution in [3.05, 3.63) is 58.3 Å². The first-order chi connectivity index (χ1) is 12.0. The molecule has 0 aliphatic carbocycles. The maximum absolute atomic E-state index is 13.9. The highest BCUT2D eigenvalue weighted by atomic mass is 79.9. The summed E-state index contributed by atoms with van der Waals surface area (Å²) in [6.07, 6.45) is 0. The summed E-state index contributed by atoms with van der Waals surface area (Å²) in [7, 11) is 0. The van der Waals surface area contributed by atoms with E-state index in [4.69, 9.17) is 0 Å². The van der Waals surface area contributed by atoms with E-state index in [0.29, 0.717) is 18.8 Å². The summed E-state index contributed by atoms with van der Waals surface area (Å²) >= 11 is 3.41. The molecular weight excluding hydrogens is 389 g/mol. The molecular formula is C18H17BrFN3O2. The lowest BCUT2D eigenvalue weighted by molar-refractivity contribution is -0.116. The summed E-state index contributed by atoms with van der Waals surface area (Å²) in [5, 5.41) is 2.78. The molecule has 1 aliphatic heterocycles. The molecule has 0 unspecified atom stereocenters. The van der Waals surface area contributed by atoms with Gasteiger partial charge in [-0.2, -0.15) is 0 Å². The average molecular weight is 406 g/mol. The molecule has 1 heterocycles. The van der Waals surface area contributed by atoms with Crippen LogP contribution >= 0.6 is 15.9 Å². The minimum atomic E-state index is -0.451. The van der Waals surface area contributed by atoms with Gasteiger partial charge in [0.25, 0.3) is 0 Å². The first-order valence-electron chi connectivity index (χ1n) is 7.82. The lowest BCUT2D eigenvalue weighted by atomic mass is 10.2. The van der Waals surface area contributed by atoms with Gasteiger partial charge in [0.1, 0.15) is 12.4 Å². The van der Waals surface area contributed by atoms with E-state index in [1.165, 1.54) is 15.9 Å².